The number of carbonyl (C=O) groups is 1. The normalized spacial score (nSPS) is 10.5. The number of anilines is 1. The van der Waals surface area contributed by atoms with E-state index in [2.05, 4.69) is 26.1 Å². The molecule has 1 aromatic carbocycles. The van der Waals surface area contributed by atoms with E-state index in [0.717, 1.165) is 21.3 Å². The van der Waals surface area contributed by atoms with E-state index in [4.69, 9.17) is 10.8 Å². The van der Waals surface area contributed by atoms with Gasteiger partial charge in [0.15, 0.2) is 5.82 Å². The zero-order valence-corrected chi connectivity index (χ0v) is 11.1. The van der Waals surface area contributed by atoms with Crippen molar-refractivity contribution < 1.29 is 9.90 Å². The van der Waals surface area contributed by atoms with E-state index in [1.807, 2.05) is 24.3 Å². The summed E-state index contributed by atoms with van der Waals surface area (Å²) in [5, 5.41) is 15.5. The Labute approximate surface area is 112 Å². The van der Waals surface area contributed by atoms with Crippen LogP contribution in [0.4, 0.5) is 5.82 Å². The molecule has 5 nitrogen and oxygen atoms in total. The van der Waals surface area contributed by atoms with E-state index in [-0.39, 0.29) is 6.42 Å². The van der Waals surface area contributed by atoms with Crippen LogP contribution in [0.15, 0.2) is 28.7 Å². The lowest BCUT2D eigenvalue weighted by Gasteiger charge is -2.05. The Morgan fingerprint density at radius 1 is 1.44 bits per heavy atom. The highest BCUT2D eigenvalue weighted by Gasteiger charge is 2.15. The summed E-state index contributed by atoms with van der Waals surface area (Å²) in [5.41, 5.74) is 8.25. The Morgan fingerprint density at radius 3 is 2.83 bits per heavy atom. The van der Waals surface area contributed by atoms with Crippen molar-refractivity contribution in [2.75, 3.05) is 5.73 Å². The van der Waals surface area contributed by atoms with Crippen LogP contribution in [0.25, 0.3) is 11.1 Å². The molecule has 1 aromatic heterocycles. The molecule has 94 valence electrons. The highest BCUT2D eigenvalue weighted by molar-refractivity contribution is 9.10. The van der Waals surface area contributed by atoms with E-state index in [1.165, 1.54) is 0 Å². The van der Waals surface area contributed by atoms with Crippen molar-refractivity contribution in [3.8, 4) is 11.1 Å². The third-order valence-corrected chi connectivity index (χ3v) is 3.29. The molecule has 0 fully saturated rings. The first-order valence-corrected chi connectivity index (χ1v) is 6.18. The number of nitrogens with two attached hydrogens (primary N) is 1. The standard InChI is InChI=1S/C12H12BrN3O2/c13-8-4-2-1-3-7(8)11-9(5-6-10(17)18)15-16-12(11)14/h1-4H,5-6H2,(H,17,18)(H3,14,15,16). The SMILES string of the molecule is Nc1n[nH]c(CCC(=O)O)c1-c1ccccc1Br. The molecule has 0 aliphatic rings. The number of halogens is 1. The van der Waals surface area contributed by atoms with E-state index in [9.17, 15) is 4.79 Å². The van der Waals surface area contributed by atoms with Crippen LogP contribution >= 0.6 is 15.9 Å². The van der Waals surface area contributed by atoms with Crippen molar-refractivity contribution in [1.82, 2.24) is 10.2 Å². The van der Waals surface area contributed by atoms with Gasteiger partial charge in [-0.25, -0.2) is 0 Å². The van der Waals surface area contributed by atoms with Crippen LogP contribution in [0.5, 0.6) is 0 Å². The van der Waals surface area contributed by atoms with Gasteiger partial charge < -0.3 is 10.8 Å². The maximum absolute atomic E-state index is 10.6. The summed E-state index contributed by atoms with van der Waals surface area (Å²) in [7, 11) is 0. The number of nitrogen functional groups attached to an aromatic ring is 1. The minimum absolute atomic E-state index is 0.0408. The maximum Gasteiger partial charge on any atom is 0.303 e. The number of hydrogen-bond donors (Lipinski definition) is 3. The Morgan fingerprint density at radius 2 is 2.17 bits per heavy atom. The number of carboxylic acids is 1. The molecular formula is C12H12BrN3O2. The van der Waals surface area contributed by atoms with Gasteiger partial charge in [0.05, 0.1) is 6.42 Å². The van der Waals surface area contributed by atoms with Crippen LogP contribution < -0.4 is 5.73 Å². The van der Waals surface area contributed by atoms with E-state index in [0.29, 0.717) is 12.2 Å². The van der Waals surface area contributed by atoms with Gasteiger partial charge in [-0.3, -0.25) is 9.89 Å². The van der Waals surface area contributed by atoms with Crippen LogP contribution in [0.1, 0.15) is 12.1 Å². The van der Waals surface area contributed by atoms with E-state index >= 15 is 0 Å². The molecular weight excluding hydrogens is 298 g/mol. The molecule has 0 atom stereocenters. The zero-order chi connectivity index (χ0) is 13.1. The molecule has 0 unspecified atom stereocenters. The monoisotopic (exact) mass is 309 g/mol. The zero-order valence-electron chi connectivity index (χ0n) is 9.48. The first-order valence-electron chi connectivity index (χ1n) is 5.39. The maximum atomic E-state index is 10.6. The smallest absolute Gasteiger partial charge is 0.303 e. The fraction of sp³-hybridized carbons (Fsp3) is 0.167. The molecule has 0 amide bonds. The Hall–Kier alpha value is -1.82. The molecule has 0 radical (unpaired) electrons. The number of rotatable bonds is 4. The first-order chi connectivity index (χ1) is 8.59. The summed E-state index contributed by atoms with van der Waals surface area (Å²) < 4.78 is 0.898. The molecule has 0 saturated carbocycles. The Bertz CT molecular complexity index is 580. The molecule has 0 aliphatic carbocycles. The van der Waals surface area contributed by atoms with E-state index in [1.54, 1.807) is 0 Å². The van der Waals surface area contributed by atoms with Crippen molar-refractivity contribution in [3.63, 3.8) is 0 Å². The minimum Gasteiger partial charge on any atom is -0.481 e. The molecule has 18 heavy (non-hydrogen) atoms. The average Bonchev–Trinajstić information content (AvgIpc) is 2.69. The molecule has 6 heteroatoms. The minimum atomic E-state index is -0.846. The number of hydrogen-bond acceptors (Lipinski definition) is 3. The highest BCUT2D eigenvalue weighted by Crippen LogP contribution is 2.34. The summed E-state index contributed by atoms with van der Waals surface area (Å²) >= 11 is 3.45. The quantitative estimate of drug-likeness (QED) is 0.809. The van der Waals surface area contributed by atoms with Gasteiger partial charge in [0.25, 0.3) is 0 Å². The van der Waals surface area contributed by atoms with Crippen molar-refractivity contribution in [2.24, 2.45) is 0 Å². The second kappa shape index (κ2) is 5.22. The number of nitrogens with zero attached hydrogens (tertiary/aromatic N) is 1. The van der Waals surface area contributed by atoms with Gasteiger partial charge in [-0.1, -0.05) is 34.1 Å². The van der Waals surface area contributed by atoms with Crippen LogP contribution in [-0.4, -0.2) is 21.3 Å². The van der Waals surface area contributed by atoms with Crippen LogP contribution in [0.2, 0.25) is 0 Å². The van der Waals surface area contributed by atoms with Crippen LogP contribution in [0.3, 0.4) is 0 Å². The van der Waals surface area contributed by atoms with Gasteiger partial charge in [0.2, 0.25) is 0 Å². The lowest BCUT2D eigenvalue weighted by Crippen LogP contribution is -1.99. The van der Waals surface area contributed by atoms with Crippen molar-refractivity contribution in [2.45, 2.75) is 12.8 Å². The summed E-state index contributed by atoms with van der Waals surface area (Å²) in [4.78, 5) is 10.6. The van der Waals surface area contributed by atoms with Crippen molar-refractivity contribution in [3.05, 3.63) is 34.4 Å². The van der Waals surface area contributed by atoms with E-state index < -0.39 is 5.97 Å². The number of aliphatic carboxylic acids is 1. The van der Waals surface area contributed by atoms with Gasteiger partial charge in [0.1, 0.15) is 0 Å². The molecule has 0 spiro atoms. The second-order valence-electron chi connectivity index (χ2n) is 3.84. The number of aryl methyl sites for hydroxylation is 1. The fourth-order valence-corrected chi connectivity index (χ4v) is 2.25. The van der Waals surface area contributed by atoms with Gasteiger partial charge >= 0.3 is 5.97 Å². The largest absolute Gasteiger partial charge is 0.481 e. The number of benzene rings is 1. The summed E-state index contributed by atoms with van der Waals surface area (Å²) in [6, 6.07) is 7.62. The molecule has 2 aromatic rings. The number of aromatic nitrogens is 2. The van der Waals surface area contributed by atoms with Crippen LogP contribution in [0, 0.1) is 0 Å². The number of aromatic amines is 1. The van der Waals surface area contributed by atoms with Crippen molar-refractivity contribution >= 4 is 27.7 Å². The van der Waals surface area contributed by atoms with Crippen molar-refractivity contribution in [1.29, 1.82) is 0 Å². The second-order valence-corrected chi connectivity index (χ2v) is 4.69. The Kier molecular flexibility index (Phi) is 3.66. The molecule has 1 heterocycles. The molecule has 2 rings (SSSR count). The van der Waals surface area contributed by atoms with Gasteiger partial charge in [-0.15, -0.1) is 0 Å². The average molecular weight is 310 g/mol. The molecule has 0 aliphatic heterocycles. The molecule has 0 bridgehead atoms. The third kappa shape index (κ3) is 2.53. The van der Waals surface area contributed by atoms with Gasteiger partial charge in [-0.05, 0) is 6.07 Å². The Balaban J connectivity index is 2.41. The fourth-order valence-electron chi connectivity index (χ4n) is 1.77. The topological polar surface area (TPSA) is 92.0 Å². The third-order valence-electron chi connectivity index (χ3n) is 2.60. The predicted molar refractivity (Wildman–Crippen MR) is 72.1 cm³/mol. The summed E-state index contributed by atoms with van der Waals surface area (Å²) in [5.74, 6) is -0.469. The predicted octanol–water partition coefficient (Wildman–Crippen LogP) is 2.44. The number of nitrogens with one attached hydrogen (secondary N) is 1. The number of H-pyrrole nitrogens is 1. The summed E-state index contributed by atoms with van der Waals surface area (Å²) in [6.45, 7) is 0. The summed E-state index contributed by atoms with van der Waals surface area (Å²) in [6.07, 6.45) is 0.412. The lowest BCUT2D eigenvalue weighted by atomic mass is 10.0. The lowest BCUT2D eigenvalue weighted by molar-refractivity contribution is -0.136. The van der Waals surface area contributed by atoms with Gasteiger partial charge in [0, 0.05) is 27.7 Å². The highest BCUT2D eigenvalue weighted by atomic mass is 79.9. The number of carboxylic acid groups (broad SMARTS) is 1. The van der Waals surface area contributed by atoms with Gasteiger partial charge in [-0.2, -0.15) is 5.10 Å². The van der Waals surface area contributed by atoms with Crippen LogP contribution in [-0.2, 0) is 11.2 Å². The molecule has 4 N–H and O–H groups in total. The molecule has 0 saturated heterocycles. The first kappa shape index (κ1) is 12.6.